The summed E-state index contributed by atoms with van der Waals surface area (Å²) >= 11 is 0. The fourth-order valence-electron chi connectivity index (χ4n) is 2.52. The molecular weight excluding hydrogens is 319 g/mol. The first-order valence-electron chi connectivity index (χ1n) is 6.93. The number of hydrogen-bond acceptors (Lipinski definition) is 3. The smallest absolute Gasteiger partial charge is 0.267 e. The van der Waals surface area contributed by atoms with Crippen molar-refractivity contribution in [2.45, 2.75) is 13.1 Å². The van der Waals surface area contributed by atoms with Crippen molar-refractivity contribution >= 4 is 11.0 Å². The molecule has 0 aliphatic heterocycles. The summed E-state index contributed by atoms with van der Waals surface area (Å²) in [6.45, 7) is 1.52. The number of fused-ring (bicyclic) bond motifs is 1. The van der Waals surface area contributed by atoms with E-state index in [-0.39, 0.29) is 11.2 Å². The SMILES string of the molecule is Cc1c(C#N)c(=O)n(-c2ccccc2)c2nc(C(F)(F)F)ccc12. The summed E-state index contributed by atoms with van der Waals surface area (Å²) in [7, 11) is 0. The van der Waals surface area contributed by atoms with Crippen LogP contribution in [0, 0.1) is 18.3 Å². The molecule has 4 nitrogen and oxygen atoms in total. The van der Waals surface area contributed by atoms with Crippen LogP contribution in [-0.4, -0.2) is 9.55 Å². The highest BCUT2D eigenvalue weighted by atomic mass is 19.4. The van der Waals surface area contributed by atoms with Gasteiger partial charge >= 0.3 is 6.18 Å². The maximum absolute atomic E-state index is 13.0. The van der Waals surface area contributed by atoms with Crippen LogP contribution in [0.4, 0.5) is 13.2 Å². The minimum atomic E-state index is -4.63. The Morgan fingerprint density at radius 2 is 1.79 bits per heavy atom. The summed E-state index contributed by atoms with van der Waals surface area (Å²) < 4.78 is 40.0. The zero-order valence-electron chi connectivity index (χ0n) is 12.4. The first-order chi connectivity index (χ1) is 11.3. The molecule has 120 valence electrons. The fraction of sp³-hybridized carbons (Fsp3) is 0.118. The summed E-state index contributed by atoms with van der Waals surface area (Å²) in [6.07, 6.45) is -4.63. The van der Waals surface area contributed by atoms with Gasteiger partial charge in [0.05, 0.1) is 5.69 Å². The molecule has 3 aromatic rings. The van der Waals surface area contributed by atoms with Gasteiger partial charge in [0.25, 0.3) is 5.56 Å². The monoisotopic (exact) mass is 329 g/mol. The first-order valence-corrected chi connectivity index (χ1v) is 6.93. The second kappa shape index (κ2) is 5.49. The third-order valence-corrected chi connectivity index (χ3v) is 3.70. The molecule has 0 atom stereocenters. The zero-order valence-corrected chi connectivity index (χ0v) is 12.4. The van der Waals surface area contributed by atoms with Crippen LogP contribution in [0.3, 0.4) is 0 Å². The van der Waals surface area contributed by atoms with Crippen molar-refractivity contribution in [2.75, 3.05) is 0 Å². The number of alkyl halides is 3. The van der Waals surface area contributed by atoms with Crippen molar-refractivity contribution < 1.29 is 13.2 Å². The molecule has 24 heavy (non-hydrogen) atoms. The van der Waals surface area contributed by atoms with Crippen LogP contribution in [0.25, 0.3) is 16.7 Å². The molecule has 0 unspecified atom stereocenters. The zero-order chi connectivity index (χ0) is 17.5. The maximum Gasteiger partial charge on any atom is 0.433 e. The highest BCUT2D eigenvalue weighted by molar-refractivity contribution is 5.82. The van der Waals surface area contributed by atoms with Gasteiger partial charge in [-0.2, -0.15) is 18.4 Å². The summed E-state index contributed by atoms with van der Waals surface area (Å²) in [5.74, 6) is 0. The summed E-state index contributed by atoms with van der Waals surface area (Å²) in [5.41, 5.74) is -1.38. The van der Waals surface area contributed by atoms with Crippen LogP contribution in [0.1, 0.15) is 16.8 Å². The molecule has 0 spiro atoms. The fourth-order valence-corrected chi connectivity index (χ4v) is 2.52. The van der Waals surface area contributed by atoms with Gasteiger partial charge in [0, 0.05) is 5.39 Å². The van der Waals surface area contributed by atoms with E-state index in [9.17, 15) is 23.2 Å². The average molecular weight is 329 g/mol. The molecule has 0 amide bonds. The van der Waals surface area contributed by atoms with E-state index in [1.807, 2.05) is 6.07 Å². The quantitative estimate of drug-likeness (QED) is 0.685. The number of nitrogens with zero attached hydrogens (tertiary/aromatic N) is 3. The van der Waals surface area contributed by atoms with E-state index < -0.39 is 17.4 Å². The third kappa shape index (κ3) is 2.42. The Hall–Kier alpha value is -3.14. The molecular formula is C17H10F3N3O. The number of nitriles is 1. The Balaban J connectivity index is 2.52. The third-order valence-electron chi connectivity index (χ3n) is 3.70. The van der Waals surface area contributed by atoms with Crippen LogP contribution in [0.5, 0.6) is 0 Å². The number of aryl methyl sites for hydroxylation is 1. The Morgan fingerprint density at radius 1 is 1.12 bits per heavy atom. The normalized spacial score (nSPS) is 11.5. The summed E-state index contributed by atoms with van der Waals surface area (Å²) in [6, 6.07) is 12.0. The lowest BCUT2D eigenvalue weighted by atomic mass is 10.1. The number of para-hydroxylation sites is 1. The topological polar surface area (TPSA) is 58.7 Å². The molecule has 7 heteroatoms. The molecule has 0 N–H and O–H groups in total. The van der Waals surface area contributed by atoms with Crippen molar-refractivity contribution in [1.82, 2.24) is 9.55 Å². The van der Waals surface area contributed by atoms with Crippen molar-refractivity contribution in [3.8, 4) is 11.8 Å². The highest BCUT2D eigenvalue weighted by Gasteiger charge is 2.33. The van der Waals surface area contributed by atoms with Crippen molar-refractivity contribution in [3.63, 3.8) is 0 Å². The summed E-state index contributed by atoms with van der Waals surface area (Å²) in [4.78, 5) is 16.3. The standard InChI is InChI=1S/C17H10F3N3O/c1-10-12-7-8-14(17(18,19)20)22-15(12)23(16(24)13(10)9-21)11-5-3-2-4-6-11/h2-8H,1H3. The minimum absolute atomic E-state index is 0.118. The van der Waals surface area contributed by atoms with E-state index >= 15 is 0 Å². The molecule has 0 fully saturated rings. The van der Waals surface area contributed by atoms with E-state index in [1.165, 1.54) is 13.0 Å². The number of aromatic nitrogens is 2. The van der Waals surface area contributed by atoms with Crippen LogP contribution >= 0.6 is 0 Å². The molecule has 1 aromatic carbocycles. The van der Waals surface area contributed by atoms with Gasteiger partial charge in [-0.3, -0.25) is 9.36 Å². The van der Waals surface area contributed by atoms with Gasteiger partial charge in [0.1, 0.15) is 23.0 Å². The molecule has 0 saturated heterocycles. The first kappa shape index (κ1) is 15.7. The van der Waals surface area contributed by atoms with Gasteiger partial charge in [-0.25, -0.2) is 4.98 Å². The Bertz CT molecular complexity index is 1030. The number of pyridine rings is 2. The number of halogens is 3. The van der Waals surface area contributed by atoms with E-state index in [0.29, 0.717) is 16.6 Å². The average Bonchev–Trinajstić information content (AvgIpc) is 2.55. The molecule has 0 aliphatic rings. The summed E-state index contributed by atoms with van der Waals surface area (Å²) in [5, 5.41) is 9.57. The van der Waals surface area contributed by atoms with Gasteiger partial charge in [-0.15, -0.1) is 0 Å². The largest absolute Gasteiger partial charge is 0.433 e. The number of rotatable bonds is 1. The number of benzene rings is 1. The maximum atomic E-state index is 13.0. The molecule has 0 radical (unpaired) electrons. The second-order valence-corrected chi connectivity index (χ2v) is 5.15. The van der Waals surface area contributed by atoms with E-state index in [0.717, 1.165) is 10.6 Å². The Morgan fingerprint density at radius 3 is 2.38 bits per heavy atom. The van der Waals surface area contributed by atoms with Crippen molar-refractivity contribution in [1.29, 1.82) is 5.26 Å². The van der Waals surface area contributed by atoms with Crippen LogP contribution in [-0.2, 0) is 6.18 Å². The van der Waals surface area contributed by atoms with E-state index in [4.69, 9.17) is 0 Å². The minimum Gasteiger partial charge on any atom is -0.267 e. The molecule has 0 aliphatic carbocycles. The van der Waals surface area contributed by atoms with Crippen molar-refractivity contribution in [2.24, 2.45) is 0 Å². The molecule has 2 heterocycles. The van der Waals surface area contributed by atoms with Gasteiger partial charge in [0.2, 0.25) is 0 Å². The Kier molecular flexibility index (Phi) is 3.60. The lowest BCUT2D eigenvalue weighted by Gasteiger charge is -2.14. The highest BCUT2D eigenvalue weighted by Crippen LogP contribution is 2.30. The van der Waals surface area contributed by atoms with Gasteiger partial charge in [0.15, 0.2) is 0 Å². The predicted molar refractivity (Wildman–Crippen MR) is 81.8 cm³/mol. The molecule has 3 rings (SSSR count). The van der Waals surface area contributed by atoms with Crippen LogP contribution < -0.4 is 5.56 Å². The van der Waals surface area contributed by atoms with Gasteiger partial charge < -0.3 is 0 Å². The lowest BCUT2D eigenvalue weighted by Crippen LogP contribution is -2.24. The van der Waals surface area contributed by atoms with Gasteiger partial charge in [-0.05, 0) is 36.8 Å². The Labute approximate surface area is 134 Å². The van der Waals surface area contributed by atoms with Gasteiger partial charge in [-0.1, -0.05) is 18.2 Å². The van der Waals surface area contributed by atoms with Crippen molar-refractivity contribution in [3.05, 3.63) is 69.6 Å². The number of hydrogen-bond donors (Lipinski definition) is 0. The van der Waals surface area contributed by atoms with E-state index in [2.05, 4.69) is 4.98 Å². The van der Waals surface area contributed by atoms with Crippen LogP contribution in [0.2, 0.25) is 0 Å². The van der Waals surface area contributed by atoms with Crippen LogP contribution in [0.15, 0.2) is 47.3 Å². The molecule has 2 aromatic heterocycles. The van der Waals surface area contributed by atoms with E-state index in [1.54, 1.807) is 30.3 Å². The molecule has 0 bridgehead atoms. The molecule has 0 saturated carbocycles. The predicted octanol–water partition coefficient (Wildman–Crippen LogP) is 3.58. The second-order valence-electron chi connectivity index (χ2n) is 5.15. The lowest BCUT2D eigenvalue weighted by molar-refractivity contribution is -0.141.